The summed E-state index contributed by atoms with van der Waals surface area (Å²) < 4.78 is 20.1. The van der Waals surface area contributed by atoms with Gasteiger partial charge in [-0.1, -0.05) is 22.0 Å². The monoisotopic (exact) mass is 343 g/mol. The van der Waals surface area contributed by atoms with Gasteiger partial charge in [-0.05, 0) is 30.2 Å². The maximum atomic E-state index is 13.8. The highest BCUT2D eigenvalue weighted by Crippen LogP contribution is 2.18. The lowest BCUT2D eigenvalue weighted by atomic mass is 10.1. The summed E-state index contributed by atoms with van der Waals surface area (Å²) in [4.78, 5) is 2.03. The van der Waals surface area contributed by atoms with E-state index in [0.29, 0.717) is 31.8 Å². The number of rotatable bonds is 6. The normalized spacial score (nSPS) is 15.5. The Kier molecular flexibility index (Phi) is 6.16. The fraction of sp³-hybridized carbons (Fsp3) is 0.467. The third-order valence-corrected chi connectivity index (χ3v) is 3.72. The molecule has 0 radical (unpaired) electrons. The van der Waals surface area contributed by atoms with Gasteiger partial charge in [0.15, 0.2) is 0 Å². The fourth-order valence-electron chi connectivity index (χ4n) is 2.27. The second-order valence-electron chi connectivity index (χ2n) is 4.87. The fourth-order valence-corrected chi connectivity index (χ4v) is 2.68. The van der Waals surface area contributed by atoms with Gasteiger partial charge in [-0.15, -0.1) is 0 Å². The van der Waals surface area contributed by atoms with Crippen LogP contribution in [0.2, 0.25) is 0 Å². The van der Waals surface area contributed by atoms with Gasteiger partial charge in [0, 0.05) is 29.7 Å². The average molecular weight is 344 g/mol. The number of halogens is 2. The van der Waals surface area contributed by atoms with Crippen LogP contribution in [-0.2, 0) is 11.3 Å². The van der Waals surface area contributed by atoms with Gasteiger partial charge in [0.1, 0.15) is 5.82 Å². The first-order valence-corrected chi connectivity index (χ1v) is 7.51. The highest BCUT2D eigenvalue weighted by molar-refractivity contribution is 9.10. The summed E-state index contributed by atoms with van der Waals surface area (Å²) in [7, 11) is 0. The van der Waals surface area contributed by atoms with Crippen LogP contribution in [0.5, 0.6) is 0 Å². The van der Waals surface area contributed by atoms with E-state index in [4.69, 9.17) is 4.74 Å². The SMILES string of the molecule is OCCN(CC1=CCCOC1)Cc1cc(Br)ccc1F. The number of hydrogen-bond donors (Lipinski definition) is 1. The first-order chi connectivity index (χ1) is 9.69. The molecule has 1 heterocycles. The minimum absolute atomic E-state index is 0.0593. The molecule has 0 bridgehead atoms. The molecule has 0 saturated heterocycles. The number of aliphatic hydroxyl groups is 1. The van der Waals surface area contributed by atoms with Crippen molar-refractivity contribution in [3.8, 4) is 0 Å². The minimum Gasteiger partial charge on any atom is -0.395 e. The van der Waals surface area contributed by atoms with Gasteiger partial charge in [0.2, 0.25) is 0 Å². The summed E-state index contributed by atoms with van der Waals surface area (Å²) in [6.45, 7) is 3.15. The first kappa shape index (κ1) is 15.6. The molecule has 0 aromatic heterocycles. The van der Waals surface area contributed by atoms with Crippen LogP contribution in [0.3, 0.4) is 0 Å². The van der Waals surface area contributed by atoms with Crippen LogP contribution in [0.25, 0.3) is 0 Å². The van der Waals surface area contributed by atoms with Crippen molar-refractivity contribution < 1.29 is 14.2 Å². The van der Waals surface area contributed by atoms with Crippen molar-refractivity contribution in [1.82, 2.24) is 4.90 Å². The molecule has 1 aromatic rings. The quantitative estimate of drug-likeness (QED) is 0.806. The molecule has 0 atom stereocenters. The molecule has 0 spiro atoms. The van der Waals surface area contributed by atoms with Crippen molar-refractivity contribution in [2.24, 2.45) is 0 Å². The van der Waals surface area contributed by atoms with Crippen LogP contribution in [0.1, 0.15) is 12.0 Å². The number of hydrogen-bond acceptors (Lipinski definition) is 3. The summed E-state index contributed by atoms with van der Waals surface area (Å²) in [6, 6.07) is 4.93. The molecule has 0 aliphatic carbocycles. The zero-order chi connectivity index (χ0) is 14.4. The lowest BCUT2D eigenvalue weighted by Gasteiger charge is -2.24. The molecule has 2 rings (SSSR count). The van der Waals surface area contributed by atoms with Crippen molar-refractivity contribution in [3.63, 3.8) is 0 Å². The molecule has 1 N–H and O–H groups in total. The third-order valence-electron chi connectivity index (χ3n) is 3.23. The molecule has 1 aromatic carbocycles. The van der Waals surface area contributed by atoms with Crippen LogP contribution in [0.4, 0.5) is 4.39 Å². The van der Waals surface area contributed by atoms with E-state index in [0.717, 1.165) is 17.5 Å². The second kappa shape index (κ2) is 7.88. The van der Waals surface area contributed by atoms with Crippen molar-refractivity contribution in [1.29, 1.82) is 0 Å². The molecule has 0 amide bonds. The molecule has 0 unspecified atom stereocenters. The number of ether oxygens (including phenoxy) is 1. The number of benzene rings is 1. The Bertz CT molecular complexity index is 479. The van der Waals surface area contributed by atoms with E-state index in [-0.39, 0.29) is 12.4 Å². The van der Waals surface area contributed by atoms with E-state index in [9.17, 15) is 9.50 Å². The van der Waals surface area contributed by atoms with Crippen molar-refractivity contribution >= 4 is 15.9 Å². The van der Waals surface area contributed by atoms with Gasteiger partial charge in [-0.25, -0.2) is 4.39 Å². The van der Waals surface area contributed by atoms with Crippen LogP contribution in [0.15, 0.2) is 34.3 Å². The van der Waals surface area contributed by atoms with Gasteiger partial charge in [-0.2, -0.15) is 0 Å². The smallest absolute Gasteiger partial charge is 0.127 e. The lowest BCUT2D eigenvalue weighted by Crippen LogP contribution is -2.30. The lowest BCUT2D eigenvalue weighted by molar-refractivity contribution is 0.136. The Morgan fingerprint density at radius 2 is 2.20 bits per heavy atom. The molecule has 0 saturated carbocycles. The summed E-state index contributed by atoms with van der Waals surface area (Å²) in [5, 5.41) is 9.17. The summed E-state index contributed by atoms with van der Waals surface area (Å²) in [5.41, 5.74) is 1.82. The van der Waals surface area contributed by atoms with E-state index < -0.39 is 0 Å². The molecule has 110 valence electrons. The number of nitrogens with zero attached hydrogens (tertiary/aromatic N) is 1. The van der Waals surface area contributed by atoms with Gasteiger partial charge in [0.25, 0.3) is 0 Å². The predicted octanol–water partition coefficient (Wildman–Crippen LogP) is 2.73. The van der Waals surface area contributed by atoms with Gasteiger partial charge in [-0.3, -0.25) is 4.90 Å². The molecule has 1 aliphatic rings. The average Bonchev–Trinajstić information content (AvgIpc) is 2.44. The van der Waals surface area contributed by atoms with E-state index in [1.165, 1.54) is 11.6 Å². The van der Waals surface area contributed by atoms with E-state index in [2.05, 4.69) is 22.0 Å². The molecule has 0 fully saturated rings. The minimum atomic E-state index is -0.218. The van der Waals surface area contributed by atoms with Gasteiger partial charge in [0.05, 0.1) is 19.8 Å². The molecular formula is C15H19BrFNO2. The Morgan fingerprint density at radius 3 is 2.90 bits per heavy atom. The zero-order valence-electron chi connectivity index (χ0n) is 11.3. The maximum absolute atomic E-state index is 13.8. The Labute approximate surface area is 127 Å². The Hall–Kier alpha value is -0.750. The largest absolute Gasteiger partial charge is 0.395 e. The molecule has 1 aliphatic heterocycles. The van der Waals surface area contributed by atoms with Crippen molar-refractivity contribution in [3.05, 3.63) is 45.7 Å². The third kappa shape index (κ3) is 4.66. The van der Waals surface area contributed by atoms with Crippen molar-refractivity contribution in [2.45, 2.75) is 13.0 Å². The zero-order valence-corrected chi connectivity index (χ0v) is 12.9. The summed E-state index contributed by atoms with van der Waals surface area (Å²) >= 11 is 3.36. The predicted molar refractivity (Wildman–Crippen MR) is 80.0 cm³/mol. The van der Waals surface area contributed by atoms with Gasteiger partial charge < -0.3 is 9.84 Å². The van der Waals surface area contributed by atoms with Crippen LogP contribution < -0.4 is 0 Å². The second-order valence-corrected chi connectivity index (χ2v) is 5.79. The Balaban J connectivity index is 2.04. The highest BCUT2D eigenvalue weighted by atomic mass is 79.9. The highest BCUT2D eigenvalue weighted by Gasteiger charge is 2.13. The Morgan fingerprint density at radius 1 is 1.35 bits per heavy atom. The number of aliphatic hydroxyl groups excluding tert-OH is 1. The molecule has 20 heavy (non-hydrogen) atoms. The van der Waals surface area contributed by atoms with E-state index in [1.807, 2.05) is 4.90 Å². The van der Waals surface area contributed by atoms with Crippen molar-refractivity contribution in [2.75, 3.05) is 32.9 Å². The maximum Gasteiger partial charge on any atom is 0.127 e. The van der Waals surface area contributed by atoms with E-state index in [1.54, 1.807) is 12.1 Å². The summed E-state index contributed by atoms with van der Waals surface area (Å²) in [5.74, 6) is -0.218. The van der Waals surface area contributed by atoms with E-state index >= 15 is 0 Å². The van der Waals surface area contributed by atoms with Gasteiger partial charge >= 0.3 is 0 Å². The topological polar surface area (TPSA) is 32.7 Å². The molecule has 5 heteroatoms. The first-order valence-electron chi connectivity index (χ1n) is 6.72. The summed E-state index contributed by atoms with van der Waals surface area (Å²) in [6.07, 6.45) is 3.10. The molecular weight excluding hydrogens is 325 g/mol. The standard InChI is InChI=1S/C15H19BrFNO2/c16-14-3-4-15(17)13(8-14)10-18(5-6-19)9-12-2-1-7-20-11-12/h2-4,8,19H,1,5-7,9-11H2. The molecule has 3 nitrogen and oxygen atoms in total. The van der Waals surface area contributed by atoms with Crippen LogP contribution >= 0.6 is 15.9 Å². The van der Waals surface area contributed by atoms with Crippen LogP contribution in [0, 0.1) is 5.82 Å². The van der Waals surface area contributed by atoms with Crippen LogP contribution in [-0.4, -0.2) is 42.9 Å².